The van der Waals surface area contributed by atoms with Crippen LogP contribution in [-0.2, 0) is 9.59 Å². The van der Waals surface area contributed by atoms with E-state index in [0.29, 0.717) is 23.3 Å². The van der Waals surface area contributed by atoms with Gasteiger partial charge in [-0.2, -0.15) is 9.99 Å². The highest BCUT2D eigenvalue weighted by Crippen LogP contribution is 2.31. The normalized spacial score (nSPS) is 17.4. The molecule has 2 aromatic rings. The fourth-order valence-electron chi connectivity index (χ4n) is 3.03. The average Bonchev–Trinajstić information content (AvgIpc) is 3.18. The predicted octanol–water partition coefficient (Wildman–Crippen LogP) is 1.24. The molecular weight excluding hydrogens is 320 g/mol. The summed E-state index contributed by atoms with van der Waals surface area (Å²) >= 11 is 0. The first-order chi connectivity index (χ1) is 12.0. The van der Waals surface area contributed by atoms with Crippen molar-refractivity contribution in [2.75, 3.05) is 30.5 Å². The molecule has 0 N–H and O–H groups in total. The number of carbonyl (C=O) groups excluding carboxylic acids is 2. The molecule has 25 heavy (non-hydrogen) atoms. The summed E-state index contributed by atoms with van der Waals surface area (Å²) in [5.41, 5.74) is 1.15. The molecule has 1 fully saturated rings. The number of anilines is 2. The van der Waals surface area contributed by atoms with Gasteiger partial charge in [-0.25, -0.2) is 4.52 Å². The summed E-state index contributed by atoms with van der Waals surface area (Å²) in [5, 5.41) is 7.15. The molecule has 0 radical (unpaired) electrons. The van der Waals surface area contributed by atoms with E-state index in [1.807, 2.05) is 30.3 Å². The summed E-state index contributed by atoms with van der Waals surface area (Å²) in [6, 6.07) is 3.73. The van der Waals surface area contributed by atoms with Gasteiger partial charge in [0, 0.05) is 38.5 Å². The van der Waals surface area contributed by atoms with E-state index in [4.69, 9.17) is 0 Å². The summed E-state index contributed by atoms with van der Waals surface area (Å²) in [7, 11) is 3.63. The van der Waals surface area contributed by atoms with Crippen molar-refractivity contribution >= 4 is 29.1 Å². The molecule has 3 heterocycles. The molecule has 8 nitrogen and oxygen atoms in total. The molecule has 1 saturated carbocycles. The number of amides is 2. The van der Waals surface area contributed by atoms with Crippen LogP contribution in [0, 0.1) is 5.92 Å². The monoisotopic (exact) mass is 340 g/mol. The van der Waals surface area contributed by atoms with Crippen LogP contribution in [-0.4, -0.2) is 52.1 Å². The van der Waals surface area contributed by atoms with Crippen molar-refractivity contribution in [3.8, 4) is 0 Å². The SMILES string of the molecule is CC1=CC(=O)N(N(C)c2nc(N(C)CC3CC3)nn3cccc23)C1=O. The van der Waals surface area contributed by atoms with Crippen molar-refractivity contribution in [2.24, 2.45) is 5.92 Å². The van der Waals surface area contributed by atoms with E-state index in [2.05, 4.69) is 10.1 Å². The fraction of sp³-hybridized carbons (Fsp3) is 0.412. The number of hydrogen-bond donors (Lipinski definition) is 0. The number of imide groups is 1. The van der Waals surface area contributed by atoms with Crippen LogP contribution < -0.4 is 9.91 Å². The first kappa shape index (κ1) is 15.6. The highest BCUT2D eigenvalue weighted by Gasteiger charge is 2.34. The third-order valence-corrected chi connectivity index (χ3v) is 4.62. The van der Waals surface area contributed by atoms with Crippen LogP contribution in [0.25, 0.3) is 5.52 Å². The highest BCUT2D eigenvalue weighted by molar-refractivity contribution is 6.16. The molecule has 8 heteroatoms. The maximum atomic E-state index is 12.3. The summed E-state index contributed by atoms with van der Waals surface area (Å²) in [6.45, 7) is 2.54. The second-order valence-corrected chi connectivity index (χ2v) is 6.70. The lowest BCUT2D eigenvalue weighted by molar-refractivity contribution is -0.137. The van der Waals surface area contributed by atoms with E-state index in [1.54, 1.807) is 18.5 Å². The fourth-order valence-corrected chi connectivity index (χ4v) is 3.03. The number of aromatic nitrogens is 3. The summed E-state index contributed by atoms with van der Waals surface area (Å²) in [5.74, 6) is 1.09. The van der Waals surface area contributed by atoms with Crippen LogP contribution in [0.5, 0.6) is 0 Å². The van der Waals surface area contributed by atoms with E-state index < -0.39 is 0 Å². The standard InChI is InChI=1S/C17H20N6O2/c1-11-9-14(24)23(16(11)25)21(3)15-13-5-4-8-22(13)19-17(18-15)20(2)10-12-6-7-12/h4-5,8-9,12H,6-7,10H2,1-3H3. The van der Waals surface area contributed by atoms with Crippen molar-refractivity contribution in [2.45, 2.75) is 19.8 Å². The number of fused-ring (bicyclic) bond motifs is 1. The maximum Gasteiger partial charge on any atom is 0.275 e. The van der Waals surface area contributed by atoms with Gasteiger partial charge < -0.3 is 4.90 Å². The zero-order valence-electron chi connectivity index (χ0n) is 14.5. The lowest BCUT2D eigenvalue weighted by atomic mass is 10.3. The lowest BCUT2D eigenvalue weighted by Gasteiger charge is -2.28. The molecule has 0 spiro atoms. The Hall–Kier alpha value is -2.90. The summed E-state index contributed by atoms with van der Waals surface area (Å²) in [4.78, 5) is 31.2. The maximum absolute atomic E-state index is 12.3. The van der Waals surface area contributed by atoms with Crippen molar-refractivity contribution in [1.82, 2.24) is 19.6 Å². The minimum atomic E-state index is -0.360. The Labute approximate surface area is 145 Å². The van der Waals surface area contributed by atoms with Crippen LogP contribution in [0.1, 0.15) is 19.8 Å². The topological polar surface area (TPSA) is 74.1 Å². The van der Waals surface area contributed by atoms with E-state index in [9.17, 15) is 9.59 Å². The molecule has 0 aromatic carbocycles. The van der Waals surface area contributed by atoms with E-state index in [1.165, 1.54) is 23.9 Å². The van der Waals surface area contributed by atoms with Crippen LogP contribution >= 0.6 is 0 Å². The molecule has 0 atom stereocenters. The van der Waals surface area contributed by atoms with Crippen molar-refractivity contribution < 1.29 is 9.59 Å². The predicted molar refractivity (Wildman–Crippen MR) is 93.0 cm³/mol. The third-order valence-electron chi connectivity index (χ3n) is 4.62. The first-order valence-electron chi connectivity index (χ1n) is 8.32. The smallest absolute Gasteiger partial charge is 0.275 e. The molecule has 2 aliphatic rings. The van der Waals surface area contributed by atoms with E-state index in [0.717, 1.165) is 17.1 Å². The molecule has 2 amide bonds. The quantitative estimate of drug-likeness (QED) is 0.763. The highest BCUT2D eigenvalue weighted by atomic mass is 16.2. The number of hydrogen-bond acceptors (Lipinski definition) is 6. The van der Waals surface area contributed by atoms with Gasteiger partial charge in [0.1, 0.15) is 5.52 Å². The summed E-state index contributed by atoms with van der Waals surface area (Å²) < 4.78 is 1.73. The molecule has 0 bridgehead atoms. The van der Waals surface area contributed by atoms with Crippen LogP contribution in [0.2, 0.25) is 0 Å². The van der Waals surface area contributed by atoms with E-state index in [-0.39, 0.29) is 11.8 Å². The third kappa shape index (κ3) is 2.63. The second-order valence-electron chi connectivity index (χ2n) is 6.70. The summed E-state index contributed by atoms with van der Waals surface area (Å²) in [6.07, 6.45) is 5.66. The molecule has 4 rings (SSSR count). The Balaban J connectivity index is 1.73. The minimum absolute atomic E-state index is 0.330. The molecule has 0 saturated heterocycles. The Morgan fingerprint density at radius 1 is 1.28 bits per heavy atom. The van der Waals surface area contributed by atoms with Crippen molar-refractivity contribution in [3.63, 3.8) is 0 Å². The van der Waals surface area contributed by atoms with Gasteiger partial charge in [-0.3, -0.25) is 14.6 Å². The molecular formula is C17H20N6O2. The molecule has 130 valence electrons. The zero-order chi connectivity index (χ0) is 17.7. The van der Waals surface area contributed by atoms with Crippen molar-refractivity contribution in [3.05, 3.63) is 30.0 Å². The van der Waals surface area contributed by atoms with Gasteiger partial charge in [-0.15, -0.1) is 5.10 Å². The van der Waals surface area contributed by atoms with Crippen LogP contribution in [0.4, 0.5) is 11.8 Å². The first-order valence-corrected chi connectivity index (χ1v) is 8.32. The van der Waals surface area contributed by atoms with Gasteiger partial charge in [0.05, 0.1) is 0 Å². The Bertz CT molecular complexity index is 898. The molecule has 2 aromatic heterocycles. The van der Waals surface area contributed by atoms with Crippen molar-refractivity contribution in [1.29, 1.82) is 0 Å². The lowest BCUT2D eigenvalue weighted by Crippen LogP contribution is -2.45. The van der Waals surface area contributed by atoms with Gasteiger partial charge in [0.2, 0.25) is 5.95 Å². The second kappa shape index (κ2) is 5.58. The zero-order valence-corrected chi connectivity index (χ0v) is 14.5. The van der Waals surface area contributed by atoms with Gasteiger partial charge in [-0.05, 0) is 37.8 Å². The Kier molecular flexibility index (Phi) is 3.48. The van der Waals surface area contributed by atoms with Gasteiger partial charge in [-0.1, -0.05) is 0 Å². The largest absolute Gasteiger partial charge is 0.342 e. The van der Waals surface area contributed by atoms with Gasteiger partial charge >= 0.3 is 0 Å². The van der Waals surface area contributed by atoms with Crippen LogP contribution in [0.3, 0.4) is 0 Å². The minimum Gasteiger partial charge on any atom is -0.342 e. The molecule has 0 unspecified atom stereocenters. The van der Waals surface area contributed by atoms with Crippen LogP contribution in [0.15, 0.2) is 30.0 Å². The Morgan fingerprint density at radius 3 is 2.68 bits per heavy atom. The number of hydrazine groups is 1. The van der Waals surface area contributed by atoms with Gasteiger partial charge in [0.15, 0.2) is 5.82 Å². The average molecular weight is 340 g/mol. The molecule has 1 aliphatic carbocycles. The number of nitrogens with zero attached hydrogens (tertiary/aromatic N) is 6. The van der Waals surface area contributed by atoms with Gasteiger partial charge in [0.25, 0.3) is 11.8 Å². The Morgan fingerprint density at radius 2 is 2.04 bits per heavy atom. The van der Waals surface area contributed by atoms with E-state index >= 15 is 0 Å². The number of rotatable bonds is 5. The number of carbonyl (C=O) groups is 2. The molecule has 1 aliphatic heterocycles.